The zero-order valence-corrected chi connectivity index (χ0v) is 34.4. The molecular weight excluding hydrogens is 765 g/mol. The highest BCUT2D eigenvalue weighted by atomic mass is 16.3. The van der Waals surface area contributed by atoms with E-state index in [2.05, 4.69) is 247 Å². The summed E-state index contributed by atoms with van der Waals surface area (Å²) in [6, 6.07) is 74.1. The number of hydrogen-bond acceptors (Lipinski definition) is 2. The summed E-state index contributed by atoms with van der Waals surface area (Å²) in [5.74, 6) is 0. The number of allylic oxidation sites excluding steroid dienone is 4. The van der Waals surface area contributed by atoms with Crippen molar-refractivity contribution in [3.63, 3.8) is 0 Å². The van der Waals surface area contributed by atoms with Crippen molar-refractivity contribution in [2.75, 3.05) is 4.90 Å². The minimum Gasteiger partial charge on any atom is -0.455 e. The van der Waals surface area contributed by atoms with Crippen molar-refractivity contribution in [3.8, 4) is 50.2 Å². The fourth-order valence-electron chi connectivity index (χ4n) is 9.43. The Hall–Kier alpha value is -8.40. The molecule has 1 aliphatic heterocycles. The van der Waals surface area contributed by atoms with E-state index in [0.717, 1.165) is 66.7 Å². The molecule has 63 heavy (non-hydrogen) atoms. The Morgan fingerprint density at radius 2 is 0.937 bits per heavy atom. The van der Waals surface area contributed by atoms with Gasteiger partial charge in [-0.05, 0) is 129 Å². The molecule has 12 rings (SSSR count). The molecule has 1 aliphatic rings. The third-order valence-corrected chi connectivity index (χ3v) is 12.5. The van der Waals surface area contributed by atoms with Crippen molar-refractivity contribution in [2.24, 2.45) is 0 Å². The summed E-state index contributed by atoms with van der Waals surface area (Å²) in [6.45, 7) is 4.58. The third kappa shape index (κ3) is 6.29. The smallest absolute Gasteiger partial charge is 0.145 e. The lowest BCUT2D eigenvalue weighted by molar-refractivity contribution is 0.667. The van der Waals surface area contributed by atoms with Gasteiger partial charge in [0.25, 0.3) is 0 Å². The second-order valence-electron chi connectivity index (χ2n) is 16.2. The fourth-order valence-corrected chi connectivity index (χ4v) is 9.43. The second kappa shape index (κ2) is 14.9. The van der Waals surface area contributed by atoms with Crippen LogP contribution in [0.5, 0.6) is 0 Å². The predicted octanol–water partition coefficient (Wildman–Crippen LogP) is 16.6. The molecule has 0 N–H and O–H groups in total. The van der Waals surface area contributed by atoms with Crippen molar-refractivity contribution in [1.82, 2.24) is 4.57 Å². The number of benzene rings is 9. The number of furan rings is 1. The van der Waals surface area contributed by atoms with Gasteiger partial charge in [-0.3, -0.25) is 0 Å². The first-order valence-corrected chi connectivity index (χ1v) is 21.4. The van der Waals surface area contributed by atoms with Gasteiger partial charge in [-0.25, -0.2) is 0 Å². The van der Waals surface area contributed by atoms with E-state index in [1.807, 2.05) is 0 Å². The molecule has 0 atom stereocenters. The summed E-state index contributed by atoms with van der Waals surface area (Å²) >= 11 is 0. The molecule has 3 heterocycles. The van der Waals surface area contributed by atoms with Crippen LogP contribution < -0.4 is 4.90 Å². The third-order valence-electron chi connectivity index (χ3n) is 12.5. The molecule has 3 heteroatoms. The van der Waals surface area contributed by atoms with Crippen molar-refractivity contribution in [3.05, 3.63) is 243 Å². The van der Waals surface area contributed by atoms with Crippen LogP contribution in [0.2, 0.25) is 0 Å². The molecule has 2 aromatic heterocycles. The van der Waals surface area contributed by atoms with Crippen LogP contribution in [-0.4, -0.2) is 4.57 Å². The van der Waals surface area contributed by atoms with E-state index in [1.165, 1.54) is 49.7 Å². The van der Waals surface area contributed by atoms with Gasteiger partial charge in [0.05, 0.1) is 16.7 Å². The SMILES string of the molecule is C=C1/C=C\C=C/N(c2cccc(-c3cccc(-c4ccccc4)c3)c2)c2ccc3c(oc4ccc(-n5c6ccc(-c7ccccc7)cc6c6cc(-c7ccccc7)ccc65)cc43)c21. The van der Waals surface area contributed by atoms with Crippen LogP contribution in [0.1, 0.15) is 5.56 Å². The van der Waals surface area contributed by atoms with E-state index in [-0.39, 0.29) is 0 Å². The van der Waals surface area contributed by atoms with E-state index in [0.29, 0.717) is 0 Å². The molecule has 0 saturated carbocycles. The van der Waals surface area contributed by atoms with Crippen LogP contribution in [0.15, 0.2) is 242 Å². The second-order valence-corrected chi connectivity index (χ2v) is 16.2. The quantitative estimate of drug-likeness (QED) is 0.167. The first-order valence-electron chi connectivity index (χ1n) is 21.4. The molecular formula is C60H40N2O. The van der Waals surface area contributed by atoms with Crippen molar-refractivity contribution < 1.29 is 4.42 Å². The van der Waals surface area contributed by atoms with Gasteiger partial charge < -0.3 is 13.9 Å². The fraction of sp³-hybridized carbons (Fsp3) is 0. The van der Waals surface area contributed by atoms with Crippen LogP contribution in [0.4, 0.5) is 11.4 Å². The lowest BCUT2D eigenvalue weighted by Crippen LogP contribution is -2.11. The number of aromatic nitrogens is 1. The lowest BCUT2D eigenvalue weighted by atomic mass is 9.97. The van der Waals surface area contributed by atoms with E-state index in [4.69, 9.17) is 4.42 Å². The number of rotatable bonds is 6. The summed E-state index contributed by atoms with van der Waals surface area (Å²) in [4.78, 5) is 2.25. The highest BCUT2D eigenvalue weighted by Crippen LogP contribution is 2.44. The maximum absolute atomic E-state index is 6.87. The lowest BCUT2D eigenvalue weighted by Gasteiger charge is -2.25. The highest BCUT2D eigenvalue weighted by Gasteiger charge is 2.23. The molecule has 0 bridgehead atoms. The molecule has 0 unspecified atom stereocenters. The Labute approximate surface area is 366 Å². The number of fused-ring (bicyclic) bond motifs is 8. The molecule has 0 saturated heterocycles. The average Bonchev–Trinajstić information content (AvgIpc) is 3.88. The Balaban J connectivity index is 0.991. The van der Waals surface area contributed by atoms with Crippen molar-refractivity contribution in [2.45, 2.75) is 0 Å². The topological polar surface area (TPSA) is 21.3 Å². The molecule has 0 amide bonds. The molecule has 3 nitrogen and oxygen atoms in total. The summed E-state index contributed by atoms with van der Waals surface area (Å²) < 4.78 is 9.27. The van der Waals surface area contributed by atoms with Gasteiger partial charge >= 0.3 is 0 Å². The number of nitrogens with zero attached hydrogens (tertiary/aromatic N) is 2. The first kappa shape index (κ1) is 36.5. The van der Waals surface area contributed by atoms with E-state index < -0.39 is 0 Å². The number of hydrogen-bond donors (Lipinski definition) is 0. The van der Waals surface area contributed by atoms with Crippen LogP contribution >= 0.6 is 0 Å². The Morgan fingerprint density at radius 1 is 0.381 bits per heavy atom. The molecule has 0 radical (unpaired) electrons. The molecule has 0 spiro atoms. The summed E-state index contributed by atoms with van der Waals surface area (Å²) in [5.41, 5.74) is 18.5. The molecule has 0 fully saturated rings. The maximum Gasteiger partial charge on any atom is 0.145 e. The standard InChI is InChI=1S/C60H40N2O/c1-40-15-11-12-34-61(49-25-14-24-46(36-49)45-23-13-22-44(35-45)41-16-5-2-6-17-41)57-32-29-51-54-39-50(28-33-58(54)63-60(51)59(40)57)62-55-30-26-47(42-18-7-3-8-19-42)37-52(55)53-38-48(27-31-56(53)62)43-20-9-4-10-21-43/h2-39H,1H2/b15-11-,34-12-. The van der Waals surface area contributed by atoms with E-state index in [9.17, 15) is 0 Å². The van der Waals surface area contributed by atoms with Gasteiger partial charge in [-0.1, -0.05) is 152 Å². The van der Waals surface area contributed by atoms with Gasteiger partial charge in [-0.15, -0.1) is 0 Å². The van der Waals surface area contributed by atoms with Crippen LogP contribution in [0, 0.1) is 0 Å². The van der Waals surface area contributed by atoms with Gasteiger partial charge in [0.15, 0.2) is 0 Å². The minimum atomic E-state index is 0.823. The number of anilines is 2. The zero-order chi connectivity index (χ0) is 41.9. The molecule has 9 aromatic carbocycles. The summed E-state index contributed by atoms with van der Waals surface area (Å²) in [6.07, 6.45) is 8.33. The van der Waals surface area contributed by atoms with Crippen LogP contribution in [-0.2, 0) is 0 Å². The summed E-state index contributed by atoms with van der Waals surface area (Å²) in [5, 5.41) is 4.54. The molecule has 11 aromatic rings. The Bertz CT molecular complexity index is 3530. The van der Waals surface area contributed by atoms with E-state index in [1.54, 1.807) is 0 Å². The summed E-state index contributed by atoms with van der Waals surface area (Å²) in [7, 11) is 0. The minimum absolute atomic E-state index is 0.823. The molecule has 0 aliphatic carbocycles. The zero-order valence-electron chi connectivity index (χ0n) is 34.4. The average molecular weight is 805 g/mol. The van der Waals surface area contributed by atoms with Crippen LogP contribution in [0.25, 0.3) is 99.5 Å². The van der Waals surface area contributed by atoms with Gasteiger partial charge in [-0.2, -0.15) is 0 Å². The van der Waals surface area contributed by atoms with Gasteiger partial charge in [0, 0.05) is 44.7 Å². The highest BCUT2D eigenvalue weighted by molar-refractivity contribution is 6.14. The predicted molar refractivity (Wildman–Crippen MR) is 266 cm³/mol. The Kier molecular flexibility index (Phi) is 8.65. The van der Waals surface area contributed by atoms with Crippen molar-refractivity contribution in [1.29, 1.82) is 0 Å². The first-order chi connectivity index (χ1) is 31.1. The monoisotopic (exact) mass is 804 g/mol. The van der Waals surface area contributed by atoms with Crippen LogP contribution in [0.3, 0.4) is 0 Å². The van der Waals surface area contributed by atoms with Crippen molar-refractivity contribution >= 4 is 60.7 Å². The normalized spacial score (nSPS) is 13.7. The van der Waals surface area contributed by atoms with Gasteiger partial charge in [0.2, 0.25) is 0 Å². The van der Waals surface area contributed by atoms with E-state index >= 15 is 0 Å². The Morgan fingerprint density at radius 3 is 1.57 bits per heavy atom. The molecule has 296 valence electrons. The largest absolute Gasteiger partial charge is 0.455 e. The maximum atomic E-state index is 6.87. The van der Waals surface area contributed by atoms with Gasteiger partial charge in [0.1, 0.15) is 11.2 Å².